The van der Waals surface area contributed by atoms with E-state index in [2.05, 4.69) is 0 Å². The van der Waals surface area contributed by atoms with Crippen molar-refractivity contribution in [2.24, 2.45) is 0 Å². The Morgan fingerprint density at radius 2 is 2.40 bits per heavy atom. The standard InChI is InChI=1S/C8H10O2/c9-6-8(10)7-4-2-1-3-5-7/h1-2,5-6,8,10H,3-4H2. The second-order valence-electron chi connectivity index (χ2n) is 2.27. The molecule has 0 aliphatic heterocycles. The van der Waals surface area contributed by atoms with Crippen LogP contribution in [0.25, 0.3) is 0 Å². The predicted octanol–water partition coefficient (Wildman–Crippen LogP) is 0.823. The van der Waals surface area contributed by atoms with Gasteiger partial charge in [-0.1, -0.05) is 18.2 Å². The summed E-state index contributed by atoms with van der Waals surface area (Å²) < 4.78 is 0. The van der Waals surface area contributed by atoms with E-state index in [4.69, 9.17) is 5.11 Å². The van der Waals surface area contributed by atoms with Crippen LogP contribution >= 0.6 is 0 Å². The summed E-state index contributed by atoms with van der Waals surface area (Å²) in [5.74, 6) is 0. The Balaban J connectivity index is 2.55. The molecule has 0 bridgehead atoms. The Morgan fingerprint density at radius 1 is 1.60 bits per heavy atom. The van der Waals surface area contributed by atoms with Gasteiger partial charge in [-0.2, -0.15) is 0 Å². The molecule has 0 aromatic rings. The van der Waals surface area contributed by atoms with Crippen molar-refractivity contribution >= 4 is 6.29 Å². The Morgan fingerprint density at radius 3 is 2.90 bits per heavy atom. The van der Waals surface area contributed by atoms with E-state index < -0.39 is 6.10 Å². The Kier molecular flexibility index (Phi) is 2.40. The highest BCUT2D eigenvalue weighted by atomic mass is 16.3. The molecule has 2 nitrogen and oxygen atoms in total. The molecule has 1 N–H and O–H groups in total. The number of aliphatic hydroxyl groups is 1. The molecule has 0 heterocycles. The van der Waals surface area contributed by atoms with Gasteiger partial charge in [0, 0.05) is 0 Å². The third kappa shape index (κ3) is 1.54. The van der Waals surface area contributed by atoms with Crippen LogP contribution in [0.5, 0.6) is 0 Å². The van der Waals surface area contributed by atoms with Crippen LogP contribution in [0.3, 0.4) is 0 Å². The fourth-order valence-corrected chi connectivity index (χ4v) is 0.947. The second-order valence-corrected chi connectivity index (χ2v) is 2.27. The largest absolute Gasteiger partial charge is 0.381 e. The summed E-state index contributed by atoms with van der Waals surface area (Å²) in [6, 6.07) is 0. The molecule has 54 valence electrons. The molecular weight excluding hydrogens is 128 g/mol. The van der Waals surface area contributed by atoms with Crippen LogP contribution in [-0.4, -0.2) is 17.5 Å². The molecule has 2 heteroatoms. The van der Waals surface area contributed by atoms with Crippen LogP contribution in [0.2, 0.25) is 0 Å². The molecule has 0 aromatic heterocycles. The van der Waals surface area contributed by atoms with Crippen molar-refractivity contribution in [3.8, 4) is 0 Å². The number of hydrogen-bond donors (Lipinski definition) is 1. The zero-order valence-electron chi connectivity index (χ0n) is 5.66. The van der Waals surface area contributed by atoms with Crippen LogP contribution in [0.1, 0.15) is 12.8 Å². The molecule has 0 aromatic carbocycles. The summed E-state index contributed by atoms with van der Waals surface area (Å²) in [6.45, 7) is 0. The van der Waals surface area contributed by atoms with Gasteiger partial charge in [-0.25, -0.2) is 0 Å². The highest BCUT2D eigenvalue weighted by Gasteiger charge is 2.08. The number of allylic oxidation sites excluding steroid dienone is 3. The Bertz CT molecular complexity index is 180. The molecule has 0 amide bonds. The number of carbonyl (C=O) groups is 1. The second kappa shape index (κ2) is 3.32. The topological polar surface area (TPSA) is 37.3 Å². The van der Waals surface area contributed by atoms with E-state index in [-0.39, 0.29) is 0 Å². The molecule has 1 unspecified atom stereocenters. The van der Waals surface area contributed by atoms with Crippen molar-refractivity contribution in [3.63, 3.8) is 0 Å². The van der Waals surface area contributed by atoms with Gasteiger partial charge in [0.1, 0.15) is 6.10 Å². The molecule has 0 fully saturated rings. The zero-order chi connectivity index (χ0) is 7.40. The van der Waals surface area contributed by atoms with Crippen LogP contribution in [-0.2, 0) is 4.79 Å². The predicted molar refractivity (Wildman–Crippen MR) is 38.5 cm³/mol. The summed E-state index contributed by atoms with van der Waals surface area (Å²) in [6.07, 6.45) is 7.08. The lowest BCUT2D eigenvalue weighted by Crippen LogP contribution is -2.11. The van der Waals surface area contributed by atoms with E-state index in [1.807, 2.05) is 18.2 Å². The smallest absolute Gasteiger partial charge is 0.152 e. The summed E-state index contributed by atoms with van der Waals surface area (Å²) in [5.41, 5.74) is 0.817. The molecule has 0 saturated carbocycles. The fraction of sp³-hybridized carbons (Fsp3) is 0.375. The van der Waals surface area contributed by atoms with Crippen molar-refractivity contribution in [1.82, 2.24) is 0 Å². The molecule has 10 heavy (non-hydrogen) atoms. The maximum absolute atomic E-state index is 10.1. The third-order valence-corrected chi connectivity index (χ3v) is 1.55. The summed E-state index contributed by atoms with van der Waals surface area (Å²) in [7, 11) is 0. The Hall–Kier alpha value is -0.890. The summed E-state index contributed by atoms with van der Waals surface area (Å²) >= 11 is 0. The normalized spacial score (nSPS) is 19.9. The van der Waals surface area contributed by atoms with E-state index in [1.54, 1.807) is 0 Å². The minimum Gasteiger partial charge on any atom is -0.381 e. The van der Waals surface area contributed by atoms with Gasteiger partial charge in [0.15, 0.2) is 6.29 Å². The maximum atomic E-state index is 10.1. The first kappa shape index (κ1) is 7.22. The van der Waals surface area contributed by atoms with Gasteiger partial charge >= 0.3 is 0 Å². The van der Waals surface area contributed by atoms with Gasteiger partial charge in [-0.05, 0) is 18.4 Å². The highest BCUT2D eigenvalue weighted by molar-refractivity contribution is 5.61. The van der Waals surface area contributed by atoms with Gasteiger partial charge in [-0.15, -0.1) is 0 Å². The van der Waals surface area contributed by atoms with Crippen molar-refractivity contribution in [2.75, 3.05) is 0 Å². The highest BCUT2D eigenvalue weighted by Crippen LogP contribution is 2.13. The molecule has 1 aliphatic carbocycles. The molecule has 0 saturated heterocycles. The van der Waals surface area contributed by atoms with Crippen LogP contribution in [0, 0.1) is 0 Å². The molecule has 1 aliphatic rings. The molecule has 1 rings (SSSR count). The minimum atomic E-state index is -0.884. The van der Waals surface area contributed by atoms with Gasteiger partial charge in [-0.3, -0.25) is 0 Å². The van der Waals surface area contributed by atoms with Crippen LogP contribution in [0.4, 0.5) is 0 Å². The van der Waals surface area contributed by atoms with Crippen molar-refractivity contribution < 1.29 is 9.90 Å². The lowest BCUT2D eigenvalue weighted by Gasteiger charge is -2.08. The first-order valence-electron chi connectivity index (χ1n) is 3.32. The summed E-state index contributed by atoms with van der Waals surface area (Å²) in [5, 5.41) is 9.01. The van der Waals surface area contributed by atoms with Gasteiger partial charge in [0.25, 0.3) is 0 Å². The average Bonchev–Trinajstić information content (AvgIpc) is 2.05. The first-order valence-corrected chi connectivity index (χ1v) is 3.32. The van der Waals surface area contributed by atoms with E-state index in [0.717, 1.165) is 12.0 Å². The SMILES string of the molecule is O=CC(O)C1=CCC=CC1. The molecule has 0 spiro atoms. The van der Waals surface area contributed by atoms with E-state index in [9.17, 15) is 4.79 Å². The van der Waals surface area contributed by atoms with Gasteiger partial charge < -0.3 is 9.90 Å². The number of aldehydes is 1. The summed E-state index contributed by atoms with van der Waals surface area (Å²) in [4.78, 5) is 10.1. The molecular formula is C8H10O2. The number of rotatable bonds is 2. The van der Waals surface area contributed by atoms with Crippen LogP contribution < -0.4 is 0 Å². The number of aliphatic hydroxyl groups excluding tert-OH is 1. The number of hydrogen-bond acceptors (Lipinski definition) is 2. The minimum absolute atomic E-state index is 0.561. The zero-order valence-corrected chi connectivity index (χ0v) is 5.66. The number of carbonyl (C=O) groups excluding carboxylic acids is 1. The fourth-order valence-electron chi connectivity index (χ4n) is 0.947. The van der Waals surface area contributed by atoms with Crippen molar-refractivity contribution in [1.29, 1.82) is 0 Å². The average molecular weight is 138 g/mol. The lowest BCUT2D eigenvalue weighted by molar-refractivity contribution is -0.113. The van der Waals surface area contributed by atoms with Crippen molar-refractivity contribution in [3.05, 3.63) is 23.8 Å². The van der Waals surface area contributed by atoms with Gasteiger partial charge in [0.05, 0.1) is 0 Å². The van der Waals surface area contributed by atoms with Crippen molar-refractivity contribution in [2.45, 2.75) is 18.9 Å². The molecule has 0 radical (unpaired) electrons. The quantitative estimate of drug-likeness (QED) is 0.453. The van der Waals surface area contributed by atoms with Gasteiger partial charge in [0.2, 0.25) is 0 Å². The monoisotopic (exact) mass is 138 g/mol. The Labute approximate surface area is 59.9 Å². The van der Waals surface area contributed by atoms with E-state index in [0.29, 0.717) is 12.7 Å². The third-order valence-electron chi connectivity index (χ3n) is 1.55. The van der Waals surface area contributed by atoms with E-state index in [1.165, 1.54) is 0 Å². The van der Waals surface area contributed by atoms with Crippen LogP contribution in [0.15, 0.2) is 23.8 Å². The molecule has 1 atom stereocenters. The van der Waals surface area contributed by atoms with E-state index >= 15 is 0 Å². The lowest BCUT2D eigenvalue weighted by atomic mass is 10.0. The first-order chi connectivity index (χ1) is 4.84. The maximum Gasteiger partial charge on any atom is 0.152 e.